The molecule has 0 atom stereocenters. The van der Waals surface area contributed by atoms with E-state index >= 15 is 0 Å². The summed E-state index contributed by atoms with van der Waals surface area (Å²) in [5.74, 6) is 0. The zero-order valence-electron chi connectivity index (χ0n) is 48.1. The molecule has 0 saturated carbocycles. The second-order valence-corrected chi connectivity index (χ2v) is 27.3. The van der Waals surface area contributed by atoms with Crippen molar-refractivity contribution >= 4 is 73.6 Å². The molecular weight excluding hydrogens is 942 g/mol. The first kappa shape index (κ1) is 48.8. The van der Waals surface area contributed by atoms with E-state index in [2.05, 4.69) is 280 Å². The molecule has 0 unspecified atom stereocenters. The van der Waals surface area contributed by atoms with Gasteiger partial charge in [-0.3, -0.25) is 0 Å². The van der Waals surface area contributed by atoms with E-state index in [-0.39, 0.29) is 33.9 Å². The molecule has 78 heavy (non-hydrogen) atoms. The van der Waals surface area contributed by atoms with Crippen LogP contribution in [0.15, 0.2) is 176 Å². The number of hydrogen-bond donors (Lipinski definition) is 0. The standard InChI is InChI=1S/C74H72BN3/c1-45-39-60-61(73(10,11)38-37-72(60,8)9)44-64(45)77-63-36-27-47(46-21-15-14-16-22-46)41-62(63)75-66-56(40-48-23-17-18-24-54(48)68(66)77)57-42-53(43-58-65-55-25-19-20-26-59(55)74(12,13)69(65)78(75)67(57)58)76(51-32-28-49(29-33-51)70(2,3)4)52-34-30-50(31-35-52)71(5,6)7/h14-36,39-44H,37-38H2,1-13H3. The van der Waals surface area contributed by atoms with E-state index in [4.69, 9.17) is 0 Å². The van der Waals surface area contributed by atoms with Crippen molar-refractivity contribution in [3.63, 3.8) is 0 Å². The molecule has 9 aromatic carbocycles. The average Bonchev–Trinajstić information content (AvgIpc) is 3.47. The molecule has 0 amide bonds. The lowest BCUT2D eigenvalue weighted by Gasteiger charge is -2.45. The van der Waals surface area contributed by atoms with Crippen LogP contribution >= 0.6 is 0 Å². The van der Waals surface area contributed by atoms with Gasteiger partial charge in [-0.05, 0) is 168 Å². The third kappa shape index (κ3) is 7.03. The van der Waals surface area contributed by atoms with Crippen molar-refractivity contribution in [2.24, 2.45) is 0 Å². The zero-order chi connectivity index (χ0) is 54.2. The number of anilines is 6. The molecule has 0 saturated heterocycles. The Morgan fingerprint density at radius 3 is 1.74 bits per heavy atom. The highest BCUT2D eigenvalue weighted by molar-refractivity contribution is 6.90. The number of nitrogens with zero attached hydrogens (tertiary/aromatic N) is 3. The minimum atomic E-state index is -0.302. The van der Waals surface area contributed by atoms with Crippen molar-refractivity contribution < 1.29 is 0 Å². The molecule has 14 rings (SSSR count). The number of rotatable bonds is 5. The minimum absolute atomic E-state index is 0.0228. The third-order valence-corrected chi connectivity index (χ3v) is 19.0. The SMILES string of the molecule is Cc1cc2c(cc1N1c3ccc(-c4ccccc4)cc3B3c4c(cc5ccccc5c41)-c1cc(N(c4ccc(C(C)(C)C)cc4)c4ccc(C(C)(C)C)cc4)cc4c5c(n3c14)C(C)(C)c1ccccc1-5)C(C)(C)CCC2(C)C. The highest BCUT2D eigenvalue weighted by Gasteiger charge is 2.50. The van der Waals surface area contributed by atoms with Gasteiger partial charge in [0.25, 0.3) is 0 Å². The Balaban J connectivity index is 1.14. The van der Waals surface area contributed by atoms with Crippen LogP contribution in [0, 0.1) is 6.92 Å². The maximum atomic E-state index is 2.85. The van der Waals surface area contributed by atoms with E-state index < -0.39 is 0 Å². The summed E-state index contributed by atoms with van der Waals surface area (Å²) in [6.45, 7) is 30.9. The summed E-state index contributed by atoms with van der Waals surface area (Å²) in [7, 11) is 0. The number of aryl methyl sites for hydroxylation is 1. The molecule has 1 aromatic heterocycles. The Hall–Kier alpha value is -7.56. The number of aromatic nitrogens is 1. The molecule has 0 radical (unpaired) electrons. The lowest BCUT2D eigenvalue weighted by molar-refractivity contribution is 0.332. The maximum absolute atomic E-state index is 2.85. The second kappa shape index (κ2) is 16.5. The summed E-state index contributed by atoms with van der Waals surface area (Å²) in [5, 5.41) is 3.83. The lowest BCUT2D eigenvalue weighted by Crippen LogP contribution is -2.58. The van der Waals surface area contributed by atoms with Crippen LogP contribution in [0.1, 0.15) is 135 Å². The summed E-state index contributed by atoms with van der Waals surface area (Å²) < 4.78 is 2.85. The molecular formula is C74H72BN3. The molecule has 3 heterocycles. The van der Waals surface area contributed by atoms with Crippen molar-refractivity contribution in [2.45, 2.75) is 130 Å². The molecule has 2 aliphatic carbocycles. The number of hydrogen-bond acceptors (Lipinski definition) is 2. The Bertz CT molecular complexity index is 4080. The van der Waals surface area contributed by atoms with Crippen LogP contribution in [0.5, 0.6) is 0 Å². The molecule has 3 nitrogen and oxygen atoms in total. The Kier molecular flexibility index (Phi) is 10.3. The van der Waals surface area contributed by atoms with Crippen molar-refractivity contribution in [2.75, 3.05) is 9.80 Å². The van der Waals surface area contributed by atoms with E-state index in [0.29, 0.717) is 0 Å². The minimum Gasteiger partial charge on any atom is -0.378 e. The Labute approximate surface area is 463 Å². The third-order valence-electron chi connectivity index (χ3n) is 19.0. The van der Waals surface area contributed by atoms with Crippen molar-refractivity contribution in [3.05, 3.63) is 215 Å². The van der Waals surface area contributed by atoms with Crippen LogP contribution in [0.25, 0.3) is 55.1 Å². The molecule has 0 fully saturated rings. The second-order valence-electron chi connectivity index (χ2n) is 27.3. The molecule has 0 N–H and O–H groups in total. The normalized spacial score (nSPS) is 16.2. The highest BCUT2D eigenvalue weighted by Crippen LogP contribution is 2.59. The predicted molar refractivity (Wildman–Crippen MR) is 335 cm³/mol. The van der Waals surface area contributed by atoms with Gasteiger partial charge in [-0.1, -0.05) is 204 Å². The van der Waals surface area contributed by atoms with Gasteiger partial charge >= 0.3 is 6.85 Å². The number of benzene rings is 9. The van der Waals surface area contributed by atoms with E-state index in [1.54, 1.807) is 0 Å². The van der Waals surface area contributed by atoms with Crippen LogP contribution in [0.4, 0.5) is 34.1 Å². The van der Waals surface area contributed by atoms with E-state index in [9.17, 15) is 0 Å². The maximum Gasteiger partial charge on any atom is 0.332 e. The van der Waals surface area contributed by atoms with Gasteiger partial charge in [0.15, 0.2) is 0 Å². The molecule has 4 aliphatic rings. The van der Waals surface area contributed by atoms with Crippen LogP contribution in [-0.2, 0) is 27.1 Å². The van der Waals surface area contributed by atoms with Crippen molar-refractivity contribution in [1.29, 1.82) is 0 Å². The van der Waals surface area contributed by atoms with Crippen molar-refractivity contribution in [1.82, 2.24) is 4.48 Å². The summed E-state index contributed by atoms with van der Waals surface area (Å²) in [6.07, 6.45) is 2.33. The van der Waals surface area contributed by atoms with Gasteiger partial charge < -0.3 is 14.3 Å². The van der Waals surface area contributed by atoms with E-state index in [1.165, 1.54) is 129 Å². The first-order valence-corrected chi connectivity index (χ1v) is 28.7. The summed E-state index contributed by atoms with van der Waals surface area (Å²) in [5.41, 5.74) is 28.6. The predicted octanol–water partition coefficient (Wildman–Crippen LogP) is 18.9. The number of fused-ring (bicyclic) bond motifs is 12. The van der Waals surface area contributed by atoms with Gasteiger partial charge in [0.1, 0.15) is 0 Å². The zero-order valence-corrected chi connectivity index (χ0v) is 48.1. The van der Waals surface area contributed by atoms with E-state index in [0.717, 1.165) is 23.5 Å². The van der Waals surface area contributed by atoms with E-state index in [1.807, 2.05) is 0 Å². The van der Waals surface area contributed by atoms with Gasteiger partial charge in [-0.15, -0.1) is 0 Å². The van der Waals surface area contributed by atoms with Gasteiger partial charge in [0, 0.05) is 67.0 Å². The highest BCUT2D eigenvalue weighted by atomic mass is 15.2. The van der Waals surface area contributed by atoms with Crippen LogP contribution in [0.2, 0.25) is 0 Å². The fraction of sp³-hybridized carbons (Fsp3) is 0.270. The molecule has 10 aromatic rings. The van der Waals surface area contributed by atoms with Gasteiger partial charge in [-0.2, -0.15) is 0 Å². The first-order chi connectivity index (χ1) is 37.1. The fourth-order valence-electron chi connectivity index (χ4n) is 14.6. The molecule has 2 aliphatic heterocycles. The summed E-state index contributed by atoms with van der Waals surface area (Å²) in [4.78, 5) is 5.24. The van der Waals surface area contributed by atoms with Crippen LogP contribution in [0.3, 0.4) is 0 Å². The quantitative estimate of drug-likeness (QED) is 0.159. The smallest absolute Gasteiger partial charge is 0.332 e. The fourth-order valence-corrected chi connectivity index (χ4v) is 14.6. The molecule has 4 heteroatoms. The molecule has 0 spiro atoms. The molecule has 0 bridgehead atoms. The monoisotopic (exact) mass is 1010 g/mol. The van der Waals surface area contributed by atoms with Crippen LogP contribution < -0.4 is 20.7 Å². The van der Waals surface area contributed by atoms with Gasteiger partial charge in [-0.25, -0.2) is 0 Å². The summed E-state index contributed by atoms with van der Waals surface area (Å²) in [6, 6.07) is 68.5. The summed E-state index contributed by atoms with van der Waals surface area (Å²) >= 11 is 0. The Morgan fingerprint density at radius 2 is 1.09 bits per heavy atom. The largest absolute Gasteiger partial charge is 0.378 e. The van der Waals surface area contributed by atoms with Gasteiger partial charge in [0.2, 0.25) is 0 Å². The average molecular weight is 1010 g/mol. The lowest BCUT2D eigenvalue weighted by atomic mass is 9.44. The van der Waals surface area contributed by atoms with Crippen LogP contribution in [-0.4, -0.2) is 11.3 Å². The Morgan fingerprint density at radius 1 is 0.487 bits per heavy atom. The molecule has 386 valence electrons. The van der Waals surface area contributed by atoms with Crippen molar-refractivity contribution in [3.8, 4) is 33.4 Å². The topological polar surface area (TPSA) is 11.4 Å². The first-order valence-electron chi connectivity index (χ1n) is 28.7. The van der Waals surface area contributed by atoms with Gasteiger partial charge in [0.05, 0.1) is 5.69 Å².